The van der Waals surface area contributed by atoms with Gasteiger partial charge in [0.15, 0.2) is 0 Å². The van der Waals surface area contributed by atoms with Gasteiger partial charge in [0.25, 0.3) is 0 Å². The Bertz CT molecular complexity index is 494. The van der Waals surface area contributed by atoms with Crippen LogP contribution in [0.4, 0.5) is 0 Å². The average Bonchev–Trinajstić information content (AvgIpc) is 3.02. The van der Waals surface area contributed by atoms with Crippen LogP contribution in [0.3, 0.4) is 0 Å². The first kappa shape index (κ1) is 11.4. The highest BCUT2D eigenvalue weighted by molar-refractivity contribution is 5.09. The molecule has 96 valence electrons. The molecule has 1 aliphatic heterocycles. The minimum Gasteiger partial charge on any atom is -0.378 e. The topological polar surface area (TPSA) is 67.2 Å². The highest BCUT2D eigenvalue weighted by atomic mass is 16.5. The average molecular weight is 248 g/mol. The molecule has 0 radical (unpaired) electrons. The van der Waals surface area contributed by atoms with E-state index in [2.05, 4.69) is 20.3 Å². The van der Waals surface area contributed by atoms with Crippen LogP contribution in [0, 0.1) is 6.92 Å². The van der Waals surface area contributed by atoms with E-state index in [4.69, 9.17) is 9.26 Å². The van der Waals surface area contributed by atoms with E-state index in [1.165, 1.54) is 0 Å². The number of H-pyrrole nitrogens is 1. The number of morpholine rings is 1. The summed E-state index contributed by atoms with van der Waals surface area (Å²) in [6.07, 6.45) is 1.77. The van der Waals surface area contributed by atoms with Gasteiger partial charge in [0.05, 0.1) is 30.6 Å². The fourth-order valence-corrected chi connectivity index (χ4v) is 2.27. The Morgan fingerprint density at radius 3 is 3.22 bits per heavy atom. The van der Waals surface area contributed by atoms with Gasteiger partial charge in [-0.3, -0.25) is 10.00 Å². The second-order valence-corrected chi connectivity index (χ2v) is 4.50. The van der Waals surface area contributed by atoms with E-state index in [0.29, 0.717) is 6.61 Å². The fourth-order valence-electron chi connectivity index (χ4n) is 2.27. The minimum absolute atomic E-state index is 0.207. The standard InChI is InChI=1S/C12H16N4O2/c1-9-6-10(15-18-9)7-16-4-5-17-8-12(16)11-2-3-13-14-11/h2-3,6,12H,4-5,7-8H2,1H3,(H,13,14). The van der Waals surface area contributed by atoms with Crippen molar-refractivity contribution in [3.63, 3.8) is 0 Å². The molecule has 1 atom stereocenters. The minimum atomic E-state index is 0.207. The van der Waals surface area contributed by atoms with Gasteiger partial charge in [-0.05, 0) is 13.0 Å². The predicted octanol–water partition coefficient (Wildman–Crippen LogP) is 1.28. The highest BCUT2D eigenvalue weighted by Gasteiger charge is 2.26. The van der Waals surface area contributed by atoms with Crippen molar-refractivity contribution in [3.8, 4) is 0 Å². The van der Waals surface area contributed by atoms with Crippen molar-refractivity contribution in [2.75, 3.05) is 19.8 Å². The quantitative estimate of drug-likeness (QED) is 0.886. The lowest BCUT2D eigenvalue weighted by atomic mass is 10.1. The van der Waals surface area contributed by atoms with Crippen molar-refractivity contribution in [2.24, 2.45) is 0 Å². The fraction of sp³-hybridized carbons (Fsp3) is 0.500. The summed E-state index contributed by atoms with van der Waals surface area (Å²) in [5, 5.41) is 11.1. The van der Waals surface area contributed by atoms with Crippen LogP contribution in [0.1, 0.15) is 23.2 Å². The van der Waals surface area contributed by atoms with E-state index in [-0.39, 0.29) is 6.04 Å². The molecule has 0 aromatic carbocycles. The molecule has 18 heavy (non-hydrogen) atoms. The molecule has 1 fully saturated rings. The summed E-state index contributed by atoms with van der Waals surface area (Å²) in [6.45, 7) is 4.99. The zero-order valence-corrected chi connectivity index (χ0v) is 10.3. The zero-order valence-electron chi connectivity index (χ0n) is 10.3. The number of ether oxygens (including phenoxy) is 1. The molecule has 1 N–H and O–H groups in total. The lowest BCUT2D eigenvalue weighted by Crippen LogP contribution is -2.39. The Hall–Kier alpha value is -1.66. The summed E-state index contributed by atoms with van der Waals surface area (Å²) >= 11 is 0. The maximum absolute atomic E-state index is 5.55. The lowest BCUT2D eigenvalue weighted by molar-refractivity contribution is -0.0151. The Labute approximate surface area is 105 Å². The maximum Gasteiger partial charge on any atom is 0.133 e. The molecule has 0 amide bonds. The molecule has 6 heteroatoms. The van der Waals surface area contributed by atoms with Crippen molar-refractivity contribution in [3.05, 3.63) is 35.5 Å². The zero-order chi connectivity index (χ0) is 12.4. The van der Waals surface area contributed by atoms with Crippen molar-refractivity contribution in [2.45, 2.75) is 19.5 Å². The van der Waals surface area contributed by atoms with Gasteiger partial charge in [-0.1, -0.05) is 5.16 Å². The molecule has 1 saturated heterocycles. The van der Waals surface area contributed by atoms with Crippen molar-refractivity contribution in [1.29, 1.82) is 0 Å². The van der Waals surface area contributed by atoms with Crippen LogP contribution in [-0.2, 0) is 11.3 Å². The summed E-state index contributed by atoms with van der Waals surface area (Å²) in [4.78, 5) is 2.33. The van der Waals surface area contributed by atoms with Crippen LogP contribution < -0.4 is 0 Å². The molecule has 3 rings (SSSR count). The number of rotatable bonds is 3. The largest absolute Gasteiger partial charge is 0.378 e. The smallest absolute Gasteiger partial charge is 0.133 e. The first-order valence-corrected chi connectivity index (χ1v) is 6.06. The van der Waals surface area contributed by atoms with E-state index < -0.39 is 0 Å². The second kappa shape index (κ2) is 4.91. The van der Waals surface area contributed by atoms with E-state index in [1.54, 1.807) is 6.20 Å². The van der Waals surface area contributed by atoms with Crippen LogP contribution in [0.25, 0.3) is 0 Å². The van der Waals surface area contributed by atoms with E-state index in [9.17, 15) is 0 Å². The van der Waals surface area contributed by atoms with E-state index in [0.717, 1.165) is 36.8 Å². The van der Waals surface area contributed by atoms with Crippen LogP contribution in [0.5, 0.6) is 0 Å². The van der Waals surface area contributed by atoms with Gasteiger partial charge in [0, 0.05) is 25.4 Å². The number of nitrogens with zero attached hydrogens (tertiary/aromatic N) is 3. The Morgan fingerprint density at radius 2 is 2.50 bits per heavy atom. The third-order valence-electron chi connectivity index (χ3n) is 3.16. The van der Waals surface area contributed by atoms with Gasteiger partial charge in [-0.2, -0.15) is 5.10 Å². The second-order valence-electron chi connectivity index (χ2n) is 4.50. The number of hydrogen-bond acceptors (Lipinski definition) is 5. The van der Waals surface area contributed by atoms with E-state index in [1.807, 2.05) is 19.1 Å². The monoisotopic (exact) mass is 248 g/mol. The SMILES string of the molecule is Cc1cc(CN2CCOCC2c2ccn[nH]2)no1. The van der Waals surface area contributed by atoms with Crippen LogP contribution >= 0.6 is 0 Å². The molecule has 0 aliphatic carbocycles. The number of nitrogens with one attached hydrogen (secondary N) is 1. The maximum atomic E-state index is 5.55. The number of aromatic amines is 1. The first-order valence-electron chi connectivity index (χ1n) is 6.06. The lowest BCUT2D eigenvalue weighted by Gasteiger charge is -2.34. The van der Waals surface area contributed by atoms with E-state index >= 15 is 0 Å². The Morgan fingerprint density at radius 1 is 1.56 bits per heavy atom. The summed E-state index contributed by atoms with van der Waals surface area (Å²) in [5.41, 5.74) is 2.04. The summed E-state index contributed by atoms with van der Waals surface area (Å²) in [6, 6.07) is 4.16. The molecular weight excluding hydrogens is 232 g/mol. The predicted molar refractivity (Wildman–Crippen MR) is 63.8 cm³/mol. The summed E-state index contributed by atoms with van der Waals surface area (Å²) in [5.74, 6) is 0.844. The van der Waals surface area contributed by atoms with Crippen LogP contribution in [0.15, 0.2) is 22.9 Å². The molecule has 6 nitrogen and oxygen atoms in total. The van der Waals surface area contributed by atoms with Crippen molar-refractivity contribution in [1.82, 2.24) is 20.3 Å². The molecule has 0 bridgehead atoms. The van der Waals surface area contributed by atoms with Gasteiger partial charge in [0.2, 0.25) is 0 Å². The van der Waals surface area contributed by atoms with Gasteiger partial charge in [0.1, 0.15) is 5.76 Å². The number of aromatic nitrogens is 3. The highest BCUT2D eigenvalue weighted by Crippen LogP contribution is 2.24. The van der Waals surface area contributed by atoms with Gasteiger partial charge < -0.3 is 9.26 Å². The number of hydrogen-bond donors (Lipinski definition) is 1. The van der Waals surface area contributed by atoms with Gasteiger partial charge >= 0.3 is 0 Å². The van der Waals surface area contributed by atoms with Crippen LogP contribution in [-0.4, -0.2) is 40.0 Å². The molecule has 0 spiro atoms. The first-order chi connectivity index (χ1) is 8.83. The normalized spacial score (nSPS) is 21.3. The summed E-state index contributed by atoms with van der Waals surface area (Å²) in [7, 11) is 0. The van der Waals surface area contributed by atoms with Crippen molar-refractivity contribution >= 4 is 0 Å². The third-order valence-corrected chi connectivity index (χ3v) is 3.16. The van der Waals surface area contributed by atoms with Gasteiger partial charge in [-0.25, -0.2) is 0 Å². The van der Waals surface area contributed by atoms with Gasteiger partial charge in [-0.15, -0.1) is 0 Å². The van der Waals surface area contributed by atoms with Crippen LogP contribution in [0.2, 0.25) is 0 Å². The Kier molecular flexibility index (Phi) is 3.12. The molecule has 1 aliphatic rings. The molecule has 2 aromatic heterocycles. The van der Waals surface area contributed by atoms with Crippen molar-refractivity contribution < 1.29 is 9.26 Å². The molecule has 0 saturated carbocycles. The molecule has 3 heterocycles. The molecule has 2 aromatic rings. The summed E-state index contributed by atoms with van der Waals surface area (Å²) < 4.78 is 10.6. The number of aryl methyl sites for hydroxylation is 1. The Balaban J connectivity index is 1.76. The molecule has 1 unspecified atom stereocenters. The third kappa shape index (κ3) is 2.30. The molecular formula is C12H16N4O2.